The fourth-order valence-corrected chi connectivity index (χ4v) is 1.77. The van der Waals surface area contributed by atoms with E-state index in [4.69, 9.17) is 10.00 Å². The van der Waals surface area contributed by atoms with Gasteiger partial charge in [0.25, 0.3) is 0 Å². The Morgan fingerprint density at radius 1 is 1.53 bits per heavy atom. The van der Waals surface area contributed by atoms with Crippen molar-refractivity contribution >= 4 is 15.9 Å². The number of hydrogen-bond donors (Lipinski definition) is 0. The molecule has 1 aromatic rings. The van der Waals surface area contributed by atoms with Crippen molar-refractivity contribution in [1.29, 1.82) is 5.26 Å². The molecule has 0 amide bonds. The summed E-state index contributed by atoms with van der Waals surface area (Å²) in [4.78, 5) is 4.01. The Balaban J connectivity index is 1.91. The molecular weight excluding hydrogens is 256 g/mol. The van der Waals surface area contributed by atoms with Gasteiger partial charge in [-0.25, -0.2) is 0 Å². The summed E-state index contributed by atoms with van der Waals surface area (Å²) < 4.78 is 6.53. The fraction of sp³-hybridized carbons (Fsp3) is 0.455. The highest BCUT2D eigenvalue weighted by Gasteiger charge is 2.43. The number of halogens is 1. The molecule has 0 spiro atoms. The summed E-state index contributed by atoms with van der Waals surface area (Å²) in [5, 5.41) is 8.66. The normalized spacial score (nSPS) is 16.8. The van der Waals surface area contributed by atoms with Gasteiger partial charge in [-0.3, -0.25) is 4.98 Å². The van der Waals surface area contributed by atoms with Crippen LogP contribution in [-0.2, 0) is 0 Å². The molecule has 78 valence electrons. The molecule has 0 bridgehead atoms. The SMILES string of the molecule is N#CCC1(COc2cncc(Br)c2)CC1. The first kappa shape index (κ1) is 10.4. The first-order chi connectivity index (χ1) is 7.24. The van der Waals surface area contributed by atoms with E-state index in [-0.39, 0.29) is 5.41 Å². The average molecular weight is 267 g/mol. The summed E-state index contributed by atoms with van der Waals surface area (Å²) in [5.74, 6) is 0.758. The Kier molecular flexibility index (Phi) is 2.92. The lowest BCUT2D eigenvalue weighted by Gasteiger charge is -2.12. The minimum Gasteiger partial charge on any atom is -0.491 e. The standard InChI is InChI=1S/C11H11BrN2O/c12-9-5-10(7-14-6-9)15-8-11(1-2-11)3-4-13/h5-7H,1-3,8H2. The molecule has 0 radical (unpaired) electrons. The third-order valence-corrected chi connectivity index (χ3v) is 3.07. The molecule has 2 rings (SSSR count). The van der Waals surface area contributed by atoms with Crippen molar-refractivity contribution in [3.8, 4) is 11.8 Å². The molecule has 15 heavy (non-hydrogen) atoms. The molecule has 0 atom stereocenters. The third-order valence-electron chi connectivity index (χ3n) is 2.64. The van der Waals surface area contributed by atoms with E-state index in [1.807, 2.05) is 6.07 Å². The molecule has 0 aromatic carbocycles. The van der Waals surface area contributed by atoms with Crippen LogP contribution >= 0.6 is 15.9 Å². The lowest BCUT2D eigenvalue weighted by Crippen LogP contribution is -2.12. The van der Waals surface area contributed by atoms with Crippen LogP contribution in [0.3, 0.4) is 0 Å². The van der Waals surface area contributed by atoms with Gasteiger partial charge >= 0.3 is 0 Å². The van der Waals surface area contributed by atoms with Gasteiger partial charge in [0.05, 0.1) is 18.9 Å². The van der Waals surface area contributed by atoms with E-state index in [1.165, 1.54) is 0 Å². The van der Waals surface area contributed by atoms with E-state index in [1.54, 1.807) is 12.4 Å². The molecule has 1 saturated carbocycles. The topological polar surface area (TPSA) is 45.9 Å². The van der Waals surface area contributed by atoms with Crippen molar-refractivity contribution in [3.05, 3.63) is 22.9 Å². The number of pyridine rings is 1. The van der Waals surface area contributed by atoms with Crippen LogP contribution in [0.4, 0.5) is 0 Å². The van der Waals surface area contributed by atoms with Gasteiger partial charge < -0.3 is 4.74 Å². The highest BCUT2D eigenvalue weighted by molar-refractivity contribution is 9.10. The van der Waals surface area contributed by atoms with Crippen LogP contribution in [0.2, 0.25) is 0 Å². The van der Waals surface area contributed by atoms with Crippen LogP contribution in [0.1, 0.15) is 19.3 Å². The average Bonchev–Trinajstić information content (AvgIpc) is 2.97. The Hall–Kier alpha value is -1.08. The number of aromatic nitrogens is 1. The fourth-order valence-electron chi connectivity index (χ4n) is 1.42. The van der Waals surface area contributed by atoms with Crippen LogP contribution in [0.15, 0.2) is 22.9 Å². The Morgan fingerprint density at radius 3 is 2.93 bits per heavy atom. The van der Waals surface area contributed by atoms with Crippen LogP contribution in [-0.4, -0.2) is 11.6 Å². The number of ether oxygens (including phenoxy) is 1. The van der Waals surface area contributed by atoms with E-state index >= 15 is 0 Å². The van der Waals surface area contributed by atoms with Gasteiger partial charge in [0.15, 0.2) is 0 Å². The monoisotopic (exact) mass is 266 g/mol. The van der Waals surface area contributed by atoms with Gasteiger partial charge in [-0.2, -0.15) is 5.26 Å². The Bertz CT molecular complexity index is 396. The summed E-state index contributed by atoms with van der Waals surface area (Å²) >= 11 is 3.33. The van der Waals surface area contributed by atoms with Gasteiger partial charge in [0, 0.05) is 22.5 Å². The number of nitriles is 1. The molecular formula is C11H11BrN2O. The van der Waals surface area contributed by atoms with Crippen molar-refractivity contribution in [2.75, 3.05) is 6.61 Å². The van der Waals surface area contributed by atoms with Crippen molar-refractivity contribution in [3.63, 3.8) is 0 Å². The molecule has 1 fully saturated rings. The Labute approximate surface area is 97.2 Å². The largest absolute Gasteiger partial charge is 0.491 e. The molecule has 3 nitrogen and oxygen atoms in total. The van der Waals surface area contributed by atoms with Gasteiger partial charge in [0.2, 0.25) is 0 Å². The maximum atomic E-state index is 8.66. The zero-order chi connectivity index (χ0) is 10.7. The van der Waals surface area contributed by atoms with Gasteiger partial charge in [-0.15, -0.1) is 0 Å². The second-order valence-corrected chi connectivity index (χ2v) is 4.88. The van der Waals surface area contributed by atoms with Crippen LogP contribution < -0.4 is 4.74 Å². The Morgan fingerprint density at radius 2 is 2.33 bits per heavy atom. The van der Waals surface area contributed by atoms with Gasteiger partial charge in [-0.05, 0) is 34.8 Å². The quantitative estimate of drug-likeness (QED) is 0.842. The first-order valence-electron chi connectivity index (χ1n) is 4.84. The molecule has 0 unspecified atom stereocenters. The smallest absolute Gasteiger partial charge is 0.138 e. The van der Waals surface area contributed by atoms with Crippen molar-refractivity contribution in [1.82, 2.24) is 4.98 Å². The highest BCUT2D eigenvalue weighted by atomic mass is 79.9. The molecule has 0 saturated heterocycles. The molecule has 1 heterocycles. The first-order valence-corrected chi connectivity index (χ1v) is 5.64. The van der Waals surface area contributed by atoms with E-state index < -0.39 is 0 Å². The zero-order valence-electron chi connectivity index (χ0n) is 8.24. The minimum atomic E-state index is 0.122. The lowest BCUT2D eigenvalue weighted by atomic mass is 10.1. The summed E-state index contributed by atoms with van der Waals surface area (Å²) in [7, 11) is 0. The van der Waals surface area contributed by atoms with E-state index in [0.29, 0.717) is 13.0 Å². The molecule has 1 aliphatic carbocycles. The molecule has 1 aromatic heterocycles. The van der Waals surface area contributed by atoms with Crippen molar-refractivity contribution in [2.24, 2.45) is 5.41 Å². The zero-order valence-corrected chi connectivity index (χ0v) is 9.83. The number of hydrogen-bond acceptors (Lipinski definition) is 3. The molecule has 0 N–H and O–H groups in total. The summed E-state index contributed by atoms with van der Waals surface area (Å²) in [5.41, 5.74) is 0.122. The molecule has 4 heteroatoms. The summed E-state index contributed by atoms with van der Waals surface area (Å²) in [6, 6.07) is 4.10. The minimum absolute atomic E-state index is 0.122. The lowest BCUT2D eigenvalue weighted by molar-refractivity contribution is 0.236. The second-order valence-electron chi connectivity index (χ2n) is 3.96. The maximum absolute atomic E-state index is 8.66. The predicted octanol–water partition coefficient (Wildman–Crippen LogP) is 2.92. The van der Waals surface area contributed by atoms with E-state index in [9.17, 15) is 0 Å². The van der Waals surface area contributed by atoms with Crippen molar-refractivity contribution in [2.45, 2.75) is 19.3 Å². The molecule has 0 aliphatic heterocycles. The van der Waals surface area contributed by atoms with E-state index in [2.05, 4.69) is 27.0 Å². The van der Waals surface area contributed by atoms with Gasteiger partial charge in [0.1, 0.15) is 5.75 Å². The van der Waals surface area contributed by atoms with Crippen LogP contribution in [0.5, 0.6) is 5.75 Å². The van der Waals surface area contributed by atoms with E-state index in [0.717, 1.165) is 23.1 Å². The number of nitrogens with zero attached hydrogens (tertiary/aromatic N) is 2. The summed E-state index contributed by atoms with van der Waals surface area (Å²) in [6.45, 7) is 0.624. The third kappa shape index (κ3) is 2.69. The van der Waals surface area contributed by atoms with Crippen LogP contribution in [0.25, 0.3) is 0 Å². The number of rotatable bonds is 4. The van der Waals surface area contributed by atoms with Gasteiger partial charge in [-0.1, -0.05) is 0 Å². The highest BCUT2D eigenvalue weighted by Crippen LogP contribution is 2.48. The predicted molar refractivity (Wildman–Crippen MR) is 59.3 cm³/mol. The maximum Gasteiger partial charge on any atom is 0.138 e. The molecule has 1 aliphatic rings. The van der Waals surface area contributed by atoms with Crippen LogP contribution in [0, 0.1) is 16.7 Å². The summed E-state index contributed by atoms with van der Waals surface area (Å²) in [6.07, 6.45) is 6.20. The second kappa shape index (κ2) is 4.19. The van der Waals surface area contributed by atoms with Crippen molar-refractivity contribution < 1.29 is 4.74 Å².